The second kappa shape index (κ2) is 7.92. The van der Waals surface area contributed by atoms with Gasteiger partial charge in [0, 0.05) is 18.6 Å². The Bertz CT molecular complexity index is 408. The van der Waals surface area contributed by atoms with Gasteiger partial charge in [-0.3, -0.25) is 4.90 Å². The molecule has 1 aromatic carbocycles. The number of hydrogen-bond acceptors (Lipinski definition) is 3. The van der Waals surface area contributed by atoms with Crippen LogP contribution in [0.1, 0.15) is 44.2 Å². The smallest absolute Gasteiger partial charge is 0.0900 e. The van der Waals surface area contributed by atoms with Crippen LogP contribution in [0, 0.1) is 6.92 Å². The van der Waals surface area contributed by atoms with Crippen molar-refractivity contribution in [3.05, 3.63) is 35.4 Å². The van der Waals surface area contributed by atoms with Crippen molar-refractivity contribution in [3.8, 4) is 0 Å². The minimum atomic E-state index is -0.404. The molecule has 0 spiro atoms. The maximum atomic E-state index is 10.2. The lowest BCUT2D eigenvalue weighted by Crippen LogP contribution is -2.48. The third-order valence-corrected chi connectivity index (χ3v) is 4.50. The third kappa shape index (κ3) is 5.10. The molecule has 0 unspecified atom stereocenters. The van der Waals surface area contributed by atoms with Crippen LogP contribution in [-0.2, 0) is 11.3 Å². The van der Waals surface area contributed by atoms with Gasteiger partial charge in [0.1, 0.15) is 0 Å². The molecule has 0 amide bonds. The number of nitrogens with zero attached hydrogens (tertiary/aromatic N) is 1. The number of aliphatic hydroxyl groups excluding tert-OH is 1. The zero-order valence-corrected chi connectivity index (χ0v) is 13.6. The molecular weight excluding hydrogens is 262 g/mol. The molecule has 1 heterocycles. The number of ether oxygens (including phenoxy) is 1. The van der Waals surface area contributed by atoms with Crippen LogP contribution in [0.3, 0.4) is 0 Å². The highest BCUT2D eigenvalue weighted by Gasteiger charge is 2.26. The lowest BCUT2D eigenvalue weighted by Gasteiger charge is -2.40. The van der Waals surface area contributed by atoms with Gasteiger partial charge in [-0.15, -0.1) is 0 Å². The van der Waals surface area contributed by atoms with E-state index in [0.29, 0.717) is 25.3 Å². The van der Waals surface area contributed by atoms with Crippen molar-refractivity contribution in [2.45, 2.75) is 64.8 Å². The summed E-state index contributed by atoms with van der Waals surface area (Å²) in [4.78, 5) is 2.42. The van der Waals surface area contributed by atoms with Gasteiger partial charge in [-0.25, -0.2) is 0 Å². The Morgan fingerprint density at radius 1 is 1.19 bits per heavy atom. The molecule has 1 aromatic rings. The fraction of sp³-hybridized carbons (Fsp3) is 0.667. The maximum Gasteiger partial charge on any atom is 0.0900 e. The molecule has 1 aliphatic rings. The zero-order valence-electron chi connectivity index (χ0n) is 13.6. The fourth-order valence-corrected chi connectivity index (χ4v) is 3.13. The summed E-state index contributed by atoms with van der Waals surface area (Å²) in [6.45, 7) is 8.29. The Balaban J connectivity index is 1.71. The number of hydrogen-bond donors (Lipinski definition) is 1. The Hall–Kier alpha value is -0.900. The summed E-state index contributed by atoms with van der Waals surface area (Å²) in [6.07, 6.45) is 3.37. The summed E-state index contributed by atoms with van der Waals surface area (Å²) >= 11 is 0. The van der Waals surface area contributed by atoms with Crippen molar-refractivity contribution in [2.24, 2.45) is 0 Å². The van der Waals surface area contributed by atoms with Gasteiger partial charge in [-0.2, -0.15) is 0 Å². The molecule has 1 N–H and O–H groups in total. The molecule has 1 fully saturated rings. The van der Waals surface area contributed by atoms with Crippen LogP contribution in [0.25, 0.3) is 0 Å². The van der Waals surface area contributed by atoms with Crippen molar-refractivity contribution >= 4 is 0 Å². The molecule has 21 heavy (non-hydrogen) atoms. The molecule has 0 aliphatic carbocycles. The largest absolute Gasteiger partial charge is 0.389 e. The number of piperidine rings is 1. The van der Waals surface area contributed by atoms with Gasteiger partial charge in [-0.05, 0) is 39.2 Å². The van der Waals surface area contributed by atoms with Crippen LogP contribution < -0.4 is 0 Å². The van der Waals surface area contributed by atoms with Gasteiger partial charge < -0.3 is 9.84 Å². The van der Waals surface area contributed by atoms with E-state index < -0.39 is 6.10 Å². The highest BCUT2D eigenvalue weighted by molar-refractivity contribution is 5.20. The normalized spacial score (nSPS) is 25.0. The van der Waals surface area contributed by atoms with Gasteiger partial charge in [0.25, 0.3) is 0 Å². The summed E-state index contributed by atoms with van der Waals surface area (Å²) in [5.74, 6) is 0. The molecule has 3 heteroatoms. The van der Waals surface area contributed by atoms with Crippen molar-refractivity contribution in [2.75, 3.05) is 13.2 Å². The minimum absolute atomic E-state index is 0.404. The topological polar surface area (TPSA) is 32.7 Å². The van der Waals surface area contributed by atoms with Crippen molar-refractivity contribution in [3.63, 3.8) is 0 Å². The number of likely N-dealkylation sites (tertiary alicyclic amines) is 1. The van der Waals surface area contributed by atoms with Crippen molar-refractivity contribution < 1.29 is 9.84 Å². The fourth-order valence-electron chi connectivity index (χ4n) is 3.13. The first-order chi connectivity index (χ1) is 10.1. The highest BCUT2D eigenvalue weighted by atomic mass is 16.5. The average molecular weight is 291 g/mol. The van der Waals surface area contributed by atoms with Gasteiger partial charge >= 0.3 is 0 Å². The molecule has 118 valence electrons. The summed E-state index contributed by atoms with van der Waals surface area (Å²) < 4.78 is 5.66. The predicted molar refractivity (Wildman–Crippen MR) is 86.3 cm³/mol. The lowest BCUT2D eigenvalue weighted by molar-refractivity contribution is -0.0135. The Morgan fingerprint density at radius 2 is 1.81 bits per heavy atom. The number of aryl methyl sites for hydroxylation is 1. The SMILES string of the molecule is Cc1ccc(COC[C@@H](O)CN2[C@H](C)CCC[C@@H]2C)cc1. The molecule has 3 nitrogen and oxygen atoms in total. The van der Waals surface area contributed by atoms with Crippen molar-refractivity contribution in [1.82, 2.24) is 4.90 Å². The first-order valence-corrected chi connectivity index (χ1v) is 8.13. The molecule has 0 saturated carbocycles. The monoisotopic (exact) mass is 291 g/mol. The summed E-state index contributed by atoms with van der Waals surface area (Å²) in [7, 11) is 0. The molecule has 0 radical (unpaired) electrons. The van der Waals surface area contributed by atoms with Gasteiger partial charge in [0.15, 0.2) is 0 Å². The van der Waals surface area contributed by atoms with Crippen LogP contribution in [0.15, 0.2) is 24.3 Å². The van der Waals surface area contributed by atoms with Gasteiger partial charge in [0.05, 0.1) is 19.3 Å². The molecule has 0 bridgehead atoms. The van der Waals surface area contributed by atoms with Crippen molar-refractivity contribution in [1.29, 1.82) is 0 Å². The van der Waals surface area contributed by atoms with E-state index in [0.717, 1.165) is 12.1 Å². The zero-order chi connectivity index (χ0) is 15.2. The van der Waals surface area contributed by atoms with E-state index in [9.17, 15) is 5.11 Å². The Labute approximate surface area is 128 Å². The standard InChI is InChI=1S/C18H29NO2/c1-14-7-9-17(10-8-14)12-21-13-18(20)11-19-15(2)5-4-6-16(19)3/h7-10,15-16,18,20H,4-6,11-13H2,1-3H3/t15-,16+,18-/m0/s1. The van der Waals surface area contributed by atoms with Crippen LogP contribution >= 0.6 is 0 Å². The lowest BCUT2D eigenvalue weighted by atomic mass is 9.97. The van der Waals surface area contributed by atoms with Crippen LogP contribution in [-0.4, -0.2) is 41.3 Å². The first-order valence-electron chi connectivity index (χ1n) is 8.13. The predicted octanol–water partition coefficient (Wildman–Crippen LogP) is 3.14. The second-order valence-corrected chi connectivity index (χ2v) is 6.48. The summed E-state index contributed by atoms with van der Waals surface area (Å²) in [5.41, 5.74) is 2.42. The van der Waals surface area contributed by atoms with Gasteiger partial charge in [0.2, 0.25) is 0 Å². The quantitative estimate of drug-likeness (QED) is 0.874. The molecule has 1 aliphatic heterocycles. The minimum Gasteiger partial charge on any atom is -0.389 e. The molecule has 0 aromatic heterocycles. The molecular formula is C18H29NO2. The number of benzene rings is 1. The number of rotatable bonds is 6. The Kier molecular flexibility index (Phi) is 6.22. The second-order valence-electron chi connectivity index (χ2n) is 6.48. The van der Waals surface area contributed by atoms with E-state index in [-0.39, 0.29) is 0 Å². The van der Waals surface area contributed by atoms with Crippen LogP contribution in [0.5, 0.6) is 0 Å². The van der Waals surface area contributed by atoms with E-state index in [1.807, 2.05) is 0 Å². The molecule has 2 rings (SSSR count). The van der Waals surface area contributed by atoms with E-state index in [2.05, 4.69) is 49.9 Å². The van der Waals surface area contributed by atoms with E-state index in [1.165, 1.54) is 24.8 Å². The van der Waals surface area contributed by atoms with E-state index in [4.69, 9.17) is 4.74 Å². The maximum absolute atomic E-state index is 10.2. The van der Waals surface area contributed by atoms with Crippen LogP contribution in [0.2, 0.25) is 0 Å². The van der Waals surface area contributed by atoms with E-state index >= 15 is 0 Å². The Morgan fingerprint density at radius 3 is 2.43 bits per heavy atom. The summed E-state index contributed by atoms with van der Waals surface area (Å²) in [5, 5.41) is 10.2. The third-order valence-electron chi connectivity index (χ3n) is 4.50. The molecule has 3 atom stereocenters. The van der Waals surface area contributed by atoms with Crippen LogP contribution in [0.4, 0.5) is 0 Å². The average Bonchev–Trinajstić information content (AvgIpc) is 2.45. The number of β-amino-alcohol motifs (C(OH)–C–C–N with tert-alkyl or cyclic N) is 1. The van der Waals surface area contributed by atoms with Gasteiger partial charge in [-0.1, -0.05) is 36.2 Å². The van der Waals surface area contributed by atoms with E-state index in [1.54, 1.807) is 0 Å². The first kappa shape index (κ1) is 16.5. The summed E-state index contributed by atoms with van der Waals surface area (Å²) in [6, 6.07) is 9.48. The molecule has 1 saturated heterocycles. The highest BCUT2D eigenvalue weighted by Crippen LogP contribution is 2.22. The number of aliphatic hydroxyl groups is 1.